The van der Waals surface area contributed by atoms with Crippen molar-refractivity contribution in [1.82, 2.24) is 5.32 Å². The zero-order chi connectivity index (χ0) is 15.2. The van der Waals surface area contributed by atoms with Crippen molar-refractivity contribution in [2.24, 2.45) is 0 Å². The summed E-state index contributed by atoms with van der Waals surface area (Å²) >= 11 is 0. The van der Waals surface area contributed by atoms with Crippen molar-refractivity contribution in [1.29, 1.82) is 0 Å². The highest BCUT2D eigenvalue weighted by molar-refractivity contribution is 5.69. The van der Waals surface area contributed by atoms with E-state index < -0.39 is 6.10 Å². The molecule has 6 nitrogen and oxygen atoms in total. The Kier molecular flexibility index (Phi) is 5.41. The van der Waals surface area contributed by atoms with Crippen molar-refractivity contribution in [3.05, 3.63) is 23.8 Å². The molecule has 2 N–H and O–H groups in total. The molecule has 0 saturated heterocycles. The molecule has 1 aliphatic rings. The second-order valence-corrected chi connectivity index (χ2v) is 4.86. The number of likely N-dealkylation sites (N-methyl/N-ethyl adjacent to an activating group) is 1. The number of carbonyl (C=O) groups excluding carboxylic acids is 1. The molecule has 21 heavy (non-hydrogen) atoms. The minimum absolute atomic E-state index is 0.244. The van der Waals surface area contributed by atoms with Gasteiger partial charge in [0.1, 0.15) is 13.2 Å². The third-order valence-corrected chi connectivity index (χ3v) is 3.55. The topological polar surface area (TPSA) is 77.0 Å². The molecular formula is C15H21NO5. The summed E-state index contributed by atoms with van der Waals surface area (Å²) in [4.78, 5) is 11.2. The van der Waals surface area contributed by atoms with Gasteiger partial charge in [-0.1, -0.05) is 6.07 Å². The molecule has 0 fully saturated rings. The highest BCUT2D eigenvalue weighted by Crippen LogP contribution is 2.33. The Hall–Kier alpha value is -1.79. The molecule has 0 spiro atoms. The Bertz CT molecular complexity index is 491. The molecule has 2 unspecified atom stereocenters. The van der Waals surface area contributed by atoms with Crippen LogP contribution in [0, 0.1) is 0 Å². The fraction of sp³-hybridized carbons (Fsp3) is 0.533. The van der Waals surface area contributed by atoms with Gasteiger partial charge in [-0.3, -0.25) is 4.79 Å². The Labute approximate surface area is 124 Å². The standard InChI is InChI=1S/C15H21NO5/c1-16-11(4-6-14(17)19-2)15(18)10-3-5-12-13(9-10)21-8-7-20-12/h3,5,9,11,15-16,18H,4,6-8H2,1-2H3. The first kappa shape index (κ1) is 15.6. The van der Waals surface area contributed by atoms with Crippen molar-refractivity contribution in [2.75, 3.05) is 27.4 Å². The van der Waals surface area contributed by atoms with E-state index in [0.29, 0.717) is 31.1 Å². The van der Waals surface area contributed by atoms with Gasteiger partial charge in [0.05, 0.1) is 13.2 Å². The molecule has 116 valence electrons. The van der Waals surface area contributed by atoms with Gasteiger partial charge < -0.3 is 24.6 Å². The number of fused-ring (bicyclic) bond motifs is 1. The van der Waals surface area contributed by atoms with Crippen LogP contribution < -0.4 is 14.8 Å². The fourth-order valence-corrected chi connectivity index (χ4v) is 2.31. The van der Waals surface area contributed by atoms with Gasteiger partial charge in [-0.15, -0.1) is 0 Å². The van der Waals surface area contributed by atoms with Gasteiger partial charge in [0.15, 0.2) is 11.5 Å². The normalized spacial score (nSPS) is 16.1. The summed E-state index contributed by atoms with van der Waals surface area (Å²) in [6.45, 7) is 1.04. The molecule has 1 heterocycles. The predicted octanol–water partition coefficient (Wildman–Crippen LogP) is 1.03. The number of hydrogen-bond acceptors (Lipinski definition) is 6. The Morgan fingerprint density at radius 2 is 2.10 bits per heavy atom. The van der Waals surface area contributed by atoms with Gasteiger partial charge >= 0.3 is 5.97 Å². The maximum atomic E-state index is 11.2. The first-order chi connectivity index (χ1) is 10.2. The summed E-state index contributed by atoms with van der Waals surface area (Å²) in [6.07, 6.45) is -0.00180. The van der Waals surface area contributed by atoms with Gasteiger partial charge in [0, 0.05) is 12.5 Å². The lowest BCUT2D eigenvalue weighted by Crippen LogP contribution is -2.33. The summed E-state index contributed by atoms with van der Waals surface area (Å²) in [5.41, 5.74) is 0.725. The molecular weight excluding hydrogens is 274 g/mol. The zero-order valence-corrected chi connectivity index (χ0v) is 12.3. The fourth-order valence-electron chi connectivity index (χ4n) is 2.31. The Balaban J connectivity index is 2.06. The third kappa shape index (κ3) is 3.86. The Morgan fingerprint density at radius 1 is 1.38 bits per heavy atom. The van der Waals surface area contributed by atoms with Crippen LogP contribution in [0.5, 0.6) is 11.5 Å². The highest BCUT2D eigenvalue weighted by Gasteiger charge is 2.22. The monoisotopic (exact) mass is 295 g/mol. The number of benzene rings is 1. The van der Waals surface area contributed by atoms with E-state index in [-0.39, 0.29) is 18.4 Å². The molecule has 0 aromatic heterocycles. The molecule has 2 rings (SSSR count). The number of aliphatic hydroxyl groups excluding tert-OH is 1. The van der Waals surface area contributed by atoms with E-state index in [0.717, 1.165) is 5.56 Å². The summed E-state index contributed by atoms with van der Waals surface area (Å²) in [7, 11) is 3.11. The van der Waals surface area contributed by atoms with Crippen LogP contribution in [0.3, 0.4) is 0 Å². The number of esters is 1. The van der Waals surface area contributed by atoms with Crippen LogP contribution in [0.25, 0.3) is 0 Å². The summed E-state index contributed by atoms with van der Waals surface area (Å²) in [5, 5.41) is 13.5. The van der Waals surface area contributed by atoms with E-state index in [2.05, 4.69) is 10.1 Å². The van der Waals surface area contributed by atoms with E-state index in [1.807, 2.05) is 0 Å². The molecule has 0 aliphatic carbocycles. The number of carbonyl (C=O) groups is 1. The van der Waals surface area contributed by atoms with E-state index in [4.69, 9.17) is 9.47 Å². The number of nitrogens with one attached hydrogen (secondary N) is 1. The largest absolute Gasteiger partial charge is 0.486 e. The van der Waals surface area contributed by atoms with E-state index in [9.17, 15) is 9.90 Å². The molecule has 0 saturated carbocycles. The van der Waals surface area contributed by atoms with Gasteiger partial charge in [-0.25, -0.2) is 0 Å². The first-order valence-electron chi connectivity index (χ1n) is 6.97. The highest BCUT2D eigenvalue weighted by atomic mass is 16.6. The van der Waals surface area contributed by atoms with Gasteiger partial charge in [-0.2, -0.15) is 0 Å². The van der Waals surface area contributed by atoms with Crippen LogP contribution >= 0.6 is 0 Å². The maximum absolute atomic E-state index is 11.2. The molecule has 0 amide bonds. The predicted molar refractivity (Wildman–Crippen MR) is 76.5 cm³/mol. The summed E-state index contributed by atoms with van der Waals surface area (Å²) in [6, 6.07) is 5.13. The lowest BCUT2D eigenvalue weighted by Gasteiger charge is -2.24. The average molecular weight is 295 g/mol. The molecule has 0 bridgehead atoms. The minimum atomic E-state index is -0.740. The van der Waals surface area contributed by atoms with Crippen LogP contribution in [-0.2, 0) is 9.53 Å². The van der Waals surface area contributed by atoms with Crippen molar-refractivity contribution >= 4 is 5.97 Å². The number of hydrogen-bond donors (Lipinski definition) is 2. The van der Waals surface area contributed by atoms with Crippen molar-refractivity contribution < 1.29 is 24.1 Å². The second-order valence-electron chi connectivity index (χ2n) is 4.86. The van der Waals surface area contributed by atoms with Gasteiger partial charge in [0.2, 0.25) is 0 Å². The zero-order valence-electron chi connectivity index (χ0n) is 12.3. The van der Waals surface area contributed by atoms with E-state index >= 15 is 0 Å². The van der Waals surface area contributed by atoms with Crippen LogP contribution in [0.4, 0.5) is 0 Å². The SMILES string of the molecule is CNC(CCC(=O)OC)C(O)c1ccc2c(c1)OCCO2. The average Bonchev–Trinajstić information content (AvgIpc) is 2.54. The molecule has 1 aromatic carbocycles. The maximum Gasteiger partial charge on any atom is 0.305 e. The van der Waals surface area contributed by atoms with Crippen LogP contribution in [0.2, 0.25) is 0 Å². The second kappa shape index (κ2) is 7.28. The van der Waals surface area contributed by atoms with Crippen molar-refractivity contribution in [3.63, 3.8) is 0 Å². The minimum Gasteiger partial charge on any atom is -0.486 e. The Morgan fingerprint density at radius 3 is 2.76 bits per heavy atom. The van der Waals surface area contributed by atoms with Crippen molar-refractivity contribution in [3.8, 4) is 11.5 Å². The number of rotatable bonds is 6. The molecule has 0 radical (unpaired) electrons. The molecule has 6 heteroatoms. The van der Waals surface area contributed by atoms with Crippen LogP contribution in [0.15, 0.2) is 18.2 Å². The molecule has 2 atom stereocenters. The summed E-state index contributed by atoms with van der Waals surface area (Å²) in [5.74, 6) is 1.04. The number of methoxy groups -OCH3 is 1. The third-order valence-electron chi connectivity index (χ3n) is 3.55. The summed E-state index contributed by atoms with van der Waals surface area (Å²) < 4.78 is 15.6. The van der Waals surface area contributed by atoms with Gasteiger partial charge in [-0.05, 0) is 31.2 Å². The first-order valence-corrected chi connectivity index (χ1v) is 6.97. The smallest absolute Gasteiger partial charge is 0.305 e. The lowest BCUT2D eigenvalue weighted by atomic mass is 9.98. The van der Waals surface area contributed by atoms with Gasteiger partial charge in [0.25, 0.3) is 0 Å². The van der Waals surface area contributed by atoms with Crippen LogP contribution in [-0.4, -0.2) is 44.5 Å². The molecule has 1 aromatic rings. The number of aliphatic hydroxyl groups is 1. The van der Waals surface area contributed by atoms with E-state index in [1.54, 1.807) is 25.2 Å². The lowest BCUT2D eigenvalue weighted by molar-refractivity contribution is -0.140. The van der Waals surface area contributed by atoms with Crippen LogP contribution in [0.1, 0.15) is 24.5 Å². The van der Waals surface area contributed by atoms with Crippen molar-refractivity contribution in [2.45, 2.75) is 25.0 Å². The van der Waals surface area contributed by atoms with E-state index in [1.165, 1.54) is 7.11 Å². The molecule has 1 aliphatic heterocycles. The quantitative estimate of drug-likeness (QED) is 0.763. The number of ether oxygens (including phenoxy) is 3.